The van der Waals surface area contributed by atoms with E-state index in [0.717, 1.165) is 5.69 Å². The van der Waals surface area contributed by atoms with E-state index in [-0.39, 0.29) is 5.56 Å². The molecular formula is C15H14N4O4. The predicted molar refractivity (Wildman–Crippen MR) is 83.8 cm³/mol. The smallest absolute Gasteiger partial charge is 0.334 e. The van der Waals surface area contributed by atoms with Crippen molar-refractivity contribution in [3.63, 3.8) is 0 Å². The Morgan fingerprint density at radius 1 is 1.00 bits per heavy atom. The molecule has 0 aliphatic heterocycles. The van der Waals surface area contributed by atoms with Gasteiger partial charge in [0.15, 0.2) is 0 Å². The highest BCUT2D eigenvalue weighted by Crippen LogP contribution is 2.21. The van der Waals surface area contributed by atoms with Gasteiger partial charge < -0.3 is 4.90 Å². The van der Waals surface area contributed by atoms with Gasteiger partial charge in [0, 0.05) is 25.3 Å². The van der Waals surface area contributed by atoms with Crippen molar-refractivity contribution in [2.75, 3.05) is 19.0 Å². The molecule has 0 radical (unpaired) electrons. The van der Waals surface area contributed by atoms with Gasteiger partial charge in [0.25, 0.3) is 0 Å². The quantitative estimate of drug-likeness (QED) is 0.478. The van der Waals surface area contributed by atoms with Crippen molar-refractivity contribution in [1.29, 1.82) is 0 Å². The molecule has 0 saturated carbocycles. The highest BCUT2D eigenvalue weighted by Gasteiger charge is 2.10. The number of benzene rings is 2. The molecule has 2 aromatic carbocycles. The van der Waals surface area contributed by atoms with Crippen LogP contribution >= 0.6 is 0 Å². The molecule has 0 spiro atoms. The van der Waals surface area contributed by atoms with Gasteiger partial charge in [0.05, 0.1) is 11.4 Å². The lowest BCUT2D eigenvalue weighted by Crippen LogP contribution is -2.10. The molecule has 0 heterocycles. The zero-order chi connectivity index (χ0) is 16.8. The molecule has 8 heteroatoms. The Kier molecular flexibility index (Phi) is 4.98. The van der Waals surface area contributed by atoms with E-state index < -0.39 is 11.1 Å². The lowest BCUT2D eigenvalue weighted by molar-refractivity contribution is -0.727. The fraction of sp³-hybridized carbons (Fsp3) is 0.133. The maximum absolute atomic E-state index is 11.3. The van der Waals surface area contributed by atoms with E-state index in [9.17, 15) is 14.9 Å². The third-order valence-corrected chi connectivity index (χ3v) is 2.91. The second-order valence-electron chi connectivity index (χ2n) is 4.76. The predicted octanol–water partition coefficient (Wildman–Crippen LogP) is 3.52. The summed E-state index contributed by atoms with van der Waals surface area (Å²) in [7, 11) is 3.89. The maximum atomic E-state index is 11.3. The van der Waals surface area contributed by atoms with E-state index >= 15 is 0 Å². The highest BCUT2D eigenvalue weighted by atomic mass is 17.0. The fourth-order valence-electron chi connectivity index (χ4n) is 1.72. The Bertz CT molecular complexity index is 724. The monoisotopic (exact) mass is 314 g/mol. The topological polar surface area (TPSA) is 97.4 Å². The van der Waals surface area contributed by atoms with Gasteiger partial charge in [-0.3, -0.25) is 4.79 Å². The van der Waals surface area contributed by atoms with Gasteiger partial charge in [-0.1, -0.05) is 0 Å². The summed E-state index contributed by atoms with van der Waals surface area (Å²) in [5.74, 6) is -1.03. The van der Waals surface area contributed by atoms with E-state index in [1.165, 1.54) is 24.3 Å². The first-order valence-corrected chi connectivity index (χ1v) is 6.61. The Balaban J connectivity index is 2.05. The zero-order valence-corrected chi connectivity index (χ0v) is 12.5. The molecule has 0 bridgehead atoms. The molecule has 2 aromatic rings. The second kappa shape index (κ2) is 7.12. The third-order valence-electron chi connectivity index (χ3n) is 2.91. The van der Waals surface area contributed by atoms with Gasteiger partial charge in [-0.2, -0.15) is 10.2 Å². The molecule has 0 saturated heterocycles. The van der Waals surface area contributed by atoms with Crippen LogP contribution in [0.5, 0.6) is 0 Å². The molecule has 0 aromatic heterocycles. The number of azo groups is 1. The van der Waals surface area contributed by atoms with Gasteiger partial charge in [-0.05, 0) is 48.5 Å². The maximum Gasteiger partial charge on any atom is 0.334 e. The minimum absolute atomic E-state index is 0.0657. The van der Waals surface area contributed by atoms with E-state index in [4.69, 9.17) is 0 Å². The van der Waals surface area contributed by atoms with E-state index in [2.05, 4.69) is 15.1 Å². The molecule has 0 aliphatic rings. The van der Waals surface area contributed by atoms with Gasteiger partial charge in [-0.25, -0.2) is 4.84 Å². The largest absolute Gasteiger partial charge is 0.378 e. The van der Waals surface area contributed by atoms with Crippen LogP contribution in [-0.4, -0.2) is 25.2 Å². The summed E-state index contributed by atoms with van der Waals surface area (Å²) in [6.45, 7) is 0. The van der Waals surface area contributed by atoms with Crippen molar-refractivity contribution < 1.29 is 14.7 Å². The van der Waals surface area contributed by atoms with Crippen molar-refractivity contribution in [3.8, 4) is 0 Å². The average molecular weight is 314 g/mol. The molecule has 118 valence electrons. The Labute approximate surface area is 132 Å². The van der Waals surface area contributed by atoms with Crippen LogP contribution in [0.25, 0.3) is 0 Å². The van der Waals surface area contributed by atoms with Crippen LogP contribution < -0.4 is 4.90 Å². The molecule has 0 amide bonds. The lowest BCUT2D eigenvalue weighted by Gasteiger charge is -2.11. The average Bonchev–Trinajstić information content (AvgIpc) is 2.53. The number of carbonyl (C=O) groups excluding carboxylic acids is 1. The fourth-order valence-corrected chi connectivity index (χ4v) is 1.72. The Morgan fingerprint density at radius 2 is 1.48 bits per heavy atom. The summed E-state index contributed by atoms with van der Waals surface area (Å²) >= 11 is 0. The molecule has 0 N–H and O–H groups in total. The number of carbonyl (C=O) groups is 1. The van der Waals surface area contributed by atoms with Gasteiger partial charge in [0.1, 0.15) is 0 Å². The van der Waals surface area contributed by atoms with Crippen LogP contribution in [0.3, 0.4) is 0 Å². The summed E-state index contributed by atoms with van der Waals surface area (Å²) in [4.78, 5) is 27.2. The molecule has 0 atom stereocenters. The first-order valence-electron chi connectivity index (χ1n) is 6.61. The number of anilines is 1. The number of hydrogen-bond donors (Lipinski definition) is 0. The molecule has 8 nitrogen and oxygen atoms in total. The van der Waals surface area contributed by atoms with Gasteiger partial charge in [-0.15, -0.1) is 10.1 Å². The number of nitrogens with zero attached hydrogens (tertiary/aromatic N) is 4. The summed E-state index contributed by atoms with van der Waals surface area (Å²) in [6, 6.07) is 13.3. The van der Waals surface area contributed by atoms with Crippen LogP contribution in [0, 0.1) is 10.1 Å². The summed E-state index contributed by atoms with van der Waals surface area (Å²) < 4.78 is 0. The van der Waals surface area contributed by atoms with Crippen molar-refractivity contribution >= 4 is 23.0 Å². The van der Waals surface area contributed by atoms with Crippen LogP contribution in [-0.2, 0) is 4.84 Å². The Hall–Kier alpha value is -3.29. The highest BCUT2D eigenvalue weighted by molar-refractivity contribution is 5.89. The SMILES string of the molecule is CN(C)c1ccc(N=Nc2ccc(C(=O)O[N+](=O)[O-])cc2)cc1. The van der Waals surface area contributed by atoms with E-state index in [1.54, 1.807) is 0 Å². The van der Waals surface area contributed by atoms with Crippen molar-refractivity contribution in [1.82, 2.24) is 0 Å². The zero-order valence-electron chi connectivity index (χ0n) is 12.5. The molecule has 0 aliphatic carbocycles. The van der Waals surface area contributed by atoms with E-state index in [0.29, 0.717) is 11.4 Å². The van der Waals surface area contributed by atoms with Crippen LogP contribution in [0.4, 0.5) is 17.1 Å². The van der Waals surface area contributed by atoms with Crippen LogP contribution in [0.2, 0.25) is 0 Å². The Morgan fingerprint density at radius 3 is 1.91 bits per heavy atom. The van der Waals surface area contributed by atoms with Crippen molar-refractivity contribution in [3.05, 3.63) is 64.2 Å². The first kappa shape index (κ1) is 16.1. The molecule has 23 heavy (non-hydrogen) atoms. The first-order chi connectivity index (χ1) is 11.0. The number of hydrogen-bond acceptors (Lipinski definition) is 7. The second-order valence-corrected chi connectivity index (χ2v) is 4.76. The van der Waals surface area contributed by atoms with Crippen molar-refractivity contribution in [2.45, 2.75) is 0 Å². The van der Waals surface area contributed by atoms with Gasteiger partial charge >= 0.3 is 11.1 Å². The molecule has 0 fully saturated rings. The minimum Gasteiger partial charge on any atom is -0.378 e. The molecule has 2 rings (SSSR count). The molecular weight excluding hydrogens is 300 g/mol. The summed E-state index contributed by atoms with van der Waals surface area (Å²) in [5.41, 5.74) is 2.32. The summed E-state index contributed by atoms with van der Waals surface area (Å²) in [6.07, 6.45) is 0. The van der Waals surface area contributed by atoms with Crippen molar-refractivity contribution in [2.24, 2.45) is 10.2 Å². The van der Waals surface area contributed by atoms with E-state index in [1.807, 2.05) is 43.3 Å². The van der Waals surface area contributed by atoms with Crippen LogP contribution in [0.15, 0.2) is 58.8 Å². The lowest BCUT2D eigenvalue weighted by atomic mass is 10.2. The minimum atomic E-state index is -1.15. The van der Waals surface area contributed by atoms with Crippen LogP contribution in [0.1, 0.15) is 10.4 Å². The normalized spacial score (nSPS) is 10.5. The number of rotatable bonds is 5. The molecule has 0 unspecified atom stereocenters. The third kappa shape index (κ3) is 4.60. The van der Waals surface area contributed by atoms with Gasteiger partial charge in [0.2, 0.25) is 0 Å². The summed E-state index contributed by atoms with van der Waals surface area (Å²) in [5, 5.41) is 17.1. The standard InChI is InChI=1S/C15H14N4O4/c1-18(2)14-9-7-13(8-10-14)17-16-12-5-3-11(4-6-12)15(20)23-19(21)22/h3-10H,1-2H3.